The third-order valence-electron chi connectivity index (χ3n) is 4.29. The highest BCUT2D eigenvalue weighted by Crippen LogP contribution is 2.37. The molecule has 0 aromatic rings. The zero-order valence-corrected chi connectivity index (χ0v) is 11.2. The maximum absolute atomic E-state index is 12.2. The molecular weight excluding hydrogens is 264 g/mol. The molecule has 2 rings (SSSR count). The largest absolute Gasteiger partial charge is 0.481 e. The van der Waals surface area contributed by atoms with Gasteiger partial charge in [0.25, 0.3) is 0 Å². The Morgan fingerprint density at radius 3 is 2.65 bits per heavy atom. The van der Waals surface area contributed by atoms with Gasteiger partial charge in [0.1, 0.15) is 6.04 Å². The van der Waals surface area contributed by atoms with Gasteiger partial charge < -0.3 is 20.8 Å². The summed E-state index contributed by atoms with van der Waals surface area (Å²) >= 11 is 0. The number of fused-ring (bicyclic) bond motifs is 1. The van der Waals surface area contributed by atoms with Crippen molar-refractivity contribution < 1.29 is 24.6 Å². The Labute approximate surface area is 116 Å². The van der Waals surface area contributed by atoms with Crippen molar-refractivity contribution in [1.29, 1.82) is 0 Å². The van der Waals surface area contributed by atoms with Crippen LogP contribution in [-0.2, 0) is 14.4 Å². The second-order valence-corrected chi connectivity index (χ2v) is 5.57. The summed E-state index contributed by atoms with van der Waals surface area (Å²) in [4.78, 5) is 33.7. The van der Waals surface area contributed by atoms with Crippen molar-refractivity contribution >= 4 is 17.8 Å². The molecule has 1 aliphatic heterocycles. The number of carbonyl (C=O) groups is 3. The highest BCUT2D eigenvalue weighted by Gasteiger charge is 2.43. The minimum absolute atomic E-state index is 0.1000. The lowest BCUT2D eigenvalue weighted by Crippen LogP contribution is -2.50. The van der Waals surface area contributed by atoms with Crippen molar-refractivity contribution in [2.75, 3.05) is 6.54 Å². The standard InChI is InChI=1S/C13H20N2O5/c16-10(17)5-4-9(13(19)20)15-12(18)11-8-3-1-2-7(8)6-14-11/h7-9,11,14H,1-6H2,(H,15,18)(H,16,17)(H,19,20)/t7?,8?,9-,11?/m0/s1. The van der Waals surface area contributed by atoms with Crippen LogP contribution in [0.25, 0.3) is 0 Å². The van der Waals surface area contributed by atoms with E-state index < -0.39 is 18.0 Å². The molecule has 0 aromatic carbocycles. The van der Waals surface area contributed by atoms with E-state index in [-0.39, 0.29) is 30.7 Å². The van der Waals surface area contributed by atoms with E-state index in [0.717, 1.165) is 25.8 Å². The van der Waals surface area contributed by atoms with Crippen LogP contribution in [0.1, 0.15) is 32.1 Å². The Bertz CT molecular complexity index is 412. The van der Waals surface area contributed by atoms with Crippen molar-refractivity contribution in [2.45, 2.75) is 44.2 Å². The fourth-order valence-corrected chi connectivity index (χ4v) is 3.26. The lowest BCUT2D eigenvalue weighted by Gasteiger charge is -2.20. The Morgan fingerprint density at radius 1 is 1.25 bits per heavy atom. The van der Waals surface area contributed by atoms with Gasteiger partial charge in [0.05, 0.1) is 6.04 Å². The van der Waals surface area contributed by atoms with E-state index in [1.54, 1.807) is 0 Å². The summed E-state index contributed by atoms with van der Waals surface area (Å²) in [6.45, 7) is 0.801. The monoisotopic (exact) mass is 284 g/mol. The molecule has 1 saturated carbocycles. The van der Waals surface area contributed by atoms with Gasteiger partial charge in [-0.25, -0.2) is 4.79 Å². The smallest absolute Gasteiger partial charge is 0.326 e. The van der Waals surface area contributed by atoms with Crippen LogP contribution in [0.3, 0.4) is 0 Å². The molecule has 1 amide bonds. The second-order valence-electron chi connectivity index (χ2n) is 5.57. The first-order valence-electron chi connectivity index (χ1n) is 6.97. The van der Waals surface area contributed by atoms with Gasteiger partial charge in [0, 0.05) is 6.42 Å². The van der Waals surface area contributed by atoms with Crippen LogP contribution in [0, 0.1) is 11.8 Å². The number of hydrogen-bond acceptors (Lipinski definition) is 4. The summed E-state index contributed by atoms with van der Waals surface area (Å²) in [5.74, 6) is -1.80. The molecule has 4 N–H and O–H groups in total. The zero-order chi connectivity index (χ0) is 14.7. The quantitative estimate of drug-likeness (QED) is 0.537. The lowest BCUT2D eigenvalue weighted by atomic mass is 9.93. The van der Waals surface area contributed by atoms with Crippen LogP contribution in [0.5, 0.6) is 0 Å². The normalized spacial score (nSPS) is 29.7. The van der Waals surface area contributed by atoms with Crippen molar-refractivity contribution in [3.63, 3.8) is 0 Å². The first-order valence-corrected chi connectivity index (χ1v) is 6.97. The van der Waals surface area contributed by atoms with Gasteiger partial charge in [-0.15, -0.1) is 0 Å². The fraction of sp³-hybridized carbons (Fsp3) is 0.769. The molecule has 1 heterocycles. The van der Waals surface area contributed by atoms with Crippen LogP contribution in [0.2, 0.25) is 0 Å². The van der Waals surface area contributed by atoms with Crippen molar-refractivity contribution in [3.05, 3.63) is 0 Å². The Kier molecular flexibility index (Phi) is 4.59. The topological polar surface area (TPSA) is 116 Å². The second kappa shape index (κ2) is 6.21. The fourth-order valence-electron chi connectivity index (χ4n) is 3.26. The Morgan fingerprint density at radius 2 is 2.00 bits per heavy atom. The van der Waals surface area contributed by atoms with Gasteiger partial charge >= 0.3 is 11.9 Å². The minimum atomic E-state index is -1.19. The van der Waals surface area contributed by atoms with Crippen LogP contribution in [-0.4, -0.2) is 46.7 Å². The van der Waals surface area contributed by atoms with E-state index in [4.69, 9.17) is 10.2 Å². The molecule has 2 fully saturated rings. The number of rotatable bonds is 6. The zero-order valence-electron chi connectivity index (χ0n) is 11.2. The number of aliphatic carboxylic acids is 2. The number of carboxylic acids is 2. The van der Waals surface area contributed by atoms with Gasteiger partial charge in [0.2, 0.25) is 5.91 Å². The summed E-state index contributed by atoms with van der Waals surface area (Å²) in [6, 6.07) is -1.48. The molecule has 7 heteroatoms. The van der Waals surface area contributed by atoms with Crippen LogP contribution >= 0.6 is 0 Å². The average Bonchev–Trinajstić information content (AvgIpc) is 2.95. The predicted octanol–water partition coefficient (Wildman–Crippen LogP) is -0.191. The molecule has 0 spiro atoms. The van der Waals surface area contributed by atoms with Crippen molar-refractivity contribution in [1.82, 2.24) is 10.6 Å². The van der Waals surface area contributed by atoms with Crippen molar-refractivity contribution in [3.8, 4) is 0 Å². The highest BCUT2D eigenvalue weighted by molar-refractivity contribution is 5.87. The molecule has 1 aliphatic carbocycles. The molecule has 0 radical (unpaired) electrons. The van der Waals surface area contributed by atoms with Crippen LogP contribution < -0.4 is 10.6 Å². The molecule has 0 aromatic heterocycles. The molecular formula is C13H20N2O5. The summed E-state index contributed by atoms with van der Waals surface area (Å²) < 4.78 is 0. The lowest BCUT2D eigenvalue weighted by molar-refractivity contribution is -0.143. The summed E-state index contributed by atoms with van der Waals surface area (Å²) in [7, 11) is 0. The third-order valence-corrected chi connectivity index (χ3v) is 4.29. The predicted molar refractivity (Wildman–Crippen MR) is 69.1 cm³/mol. The third kappa shape index (κ3) is 3.27. The summed E-state index contributed by atoms with van der Waals surface area (Å²) in [6.07, 6.45) is 2.84. The molecule has 2 aliphatic rings. The number of hydrogen-bond donors (Lipinski definition) is 4. The molecule has 0 bridgehead atoms. The van der Waals surface area contributed by atoms with Gasteiger partial charge in [-0.1, -0.05) is 6.42 Å². The van der Waals surface area contributed by atoms with E-state index in [1.165, 1.54) is 0 Å². The minimum Gasteiger partial charge on any atom is -0.481 e. The molecule has 4 atom stereocenters. The molecule has 3 unspecified atom stereocenters. The van der Waals surface area contributed by atoms with Crippen LogP contribution in [0.4, 0.5) is 0 Å². The number of carboxylic acid groups (broad SMARTS) is 2. The Hall–Kier alpha value is -1.63. The van der Waals surface area contributed by atoms with E-state index in [2.05, 4.69) is 10.6 Å². The molecule has 1 saturated heterocycles. The number of amides is 1. The van der Waals surface area contributed by atoms with E-state index in [9.17, 15) is 14.4 Å². The van der Waals surface area contributed by atoms with Gasteiger partial charge in [-0.2, -0.15) is 0 Å². The highest BCUT2D eigenvalue weighted by atomic mass is 16.4. The maximum atomic E-state index is 12.2. The van der Waals surface area contributed by atoms with E-state index in [1.807, 2.05) is 0 Å². The van der Waals surface area contributed by atoms with Gasteiger partial charge in [-0.05, 0) is 37.6 Å². The average molecular weight is 284 g/mol. The molecule has 7 nitrogen and oxygen atoms in total. The van der Waals surface area contributed by atoms with Crippen molar-refractivity contribution in [2.24, 2.45) is 11.8 Å². The number of carbonyl (C=O) groups excluding carboxylic acids is 1. The summed E-state index contributed by atoms with van der Waals surface area (Å²) in [5.41, 5.74) is 0. The maximum Gasteiger partial charge on any atom is 0.326 e. The molecule has 20 heavy (non-hydrogen) atoms. The first-order chi connectivity index (χ1) is 9.49. The van der Waals surface area contributed by atoms with E-state index >= 15 is 0 Å². The van der Waals surface area contributed by atoms with Crippen LogP contribution in [0.15, 0.2) is 0 Å². The van der Waals surface area contributed by atoms with E-state index in [0.29, 0.717) is 5.92 Å². The Balaban J connectivity index is 1.91. The molecule has 112 valence electrons. The summed E-state index contributed by atoms with van der Waals surface area (Å²) in [5, 5.41) is 23.2. The SMILES string of the molecule is O=C(O)CC[C@H](NC(=O)C1NCC2CCCC21)C(=O)O. The first kappa shape index (κ1) is 14.8. The van der Waals surface area contributed by atoms with Gasteiger partial charge in [-0.3, -0.25) is 9.59 Å². The number of nitrogens with one attached hydrogen (secondary N) is 2. The van der Waals surface area contributed by atoms with Gasteiger partial charge in [0.15, 0.2) is 0 Å².